The number of aromatic nitrogens is 1. The minimum absolute atomic E-state index is 0. The van der Waals surface area contributed by atoms with Crippen molar-refractivity contribution >= 4 is 10.8 Å². The molecule has 2 N–H and O–H groups in total. The van der Waals surface area contributed by atoms with Crippen LogP contribution in [0, 0.1) is 41.6 Å². The number of fused-ring (bicyclic) bond motifs is 2. The van der Waals surface area contributed by atoms with Crippen LogP contribution in [0.5, 0.6) is 0 Å². The van der Waals surface area contributed by atoms with Gasteiger partial charge in [-0.05, 0) is 58.9 Å². The second-order valence-corrected chi connectivity index (χ2v) is 12.6. The molecule has 1 heterocycles. The molecule has 0 saturated heterocycles. The van der Waals surface area contributed by atoms with Crippen LogP contribution in [-0.2, 0) is 20.1 Å². The van der Waals surface area contributed by atoms with Crippen molar-refractivity contribution in [3.63, 3.8) is 0 Å². The third-order valence-corrected chi connectivity index (χ3v) is 10.5. The predicted molar refractivity (Wildman–Crippen MR) is 154 cm³/mol. The van der Waals surface area contributed by atoms with Gasteiger partial charge >= 0.3 is 0 Å². The van der Waals surface area contributed by atoms with E-state index in [1.165, 1.54) is 87.8 Å². The molecule has 0 bridgehead atoms. The molecule has 211 valence electrons. The zero-order chi connectivity index (χ0) is 25.9. The van der Waals surface area contributed by atoms with Gasteiger partial charge in [0.05, 0.1) is 12.2 Å². The summed E-state index contributed by atoms with van der Waals surface area (Å²) >= 11 is 0. The Balaban J connectivity index is 0.000000161. The van der Waals surface area contributed by atoms with Crippen LogP contribution in [-0.4, -0.2) is 27.4 Å². The molecule has 4 fully saturated rings. The van der Waals surface area contributed by atoms with E-state index in [-0.39, 0.29) is 38.2 Å². The summed E-state index contributed by atoms with van der Waals surface area (Å²) in [5.74, 6) is 3.31. The fourth-order valence-electron chi connectivity index (χ4n) is 8.57. The maximum Gasteiger partial charge on any atom is 0.0626 e. The number of aliphatic hydroxyl groups excluding tert-OH is 2. The Morgan fingerprint density at radius 3 is 1.77 bits per heavy atom. The van der Waals surface area contributed by atoms with Crippen molar-refractivity contribution in [3.8, 4) is 11.3 Å². The average Bonchev–Trinajstić information content (AvgIpc) is 3.50. The van der Waals surface area contributed by atoms with Gasteiger partial charge in [-0.25, -0.2) is 0 Å². The van der Waals surface area contributed by atoms with Crippen LogP contribution >= 0.6 is 0 Å². The number of rotatable bonds is 3. The third kappa shape index (κ3) is 6.35. The number of hydrogen-bond acceptors (Lipinski definition) is 3. The van der Waals surface area contributed by atoms with Crippen LogP contribution in [0.25, 0.3) is 22.0 Å². The minimum atomic E-state index is -0.211. The number of aliphatic hydroxyl groups is 2. The van der Waals surface area contributed by atoms with E-state index in [1.807, 2.05) is 42.6 Å². The molecule has 0 aliphatic heterocycles. The molecular weight excluding hydrogens is 659 g/mol. The number of hydrogen-bond donors (Lipinski definition) is 2. The molecule has 2 unspecified atom stereocenters. The fraction of sp³-hybridized carbons (Fsp3) is 0.571. The maximum absolute atomic E-state index is 10.9. The fourth-order valence-corrected chi connectivity index (χ4v) is 8.57. The summed E-state index contributed by atoms with van der Waals surface area (Å²) in [4.78, 5) is 4.45. The topological polar surface area (TPSA) is 53.4 Å². The van der Waals surface area contributed by atoms with E-state index in [0.29, 0.717) is 17.8 Å². The average molecular weight is 703 g/mol. The SMILES string of the molecule is OC1C2C(C[C@@H]1C1CCCCC1)C[C@H](C1CCCCC1)C2O.[Ir].[c-]1ccccc1-c1cc2ccccc2cn1. The Hall–Kier alpha value is -1.58. The van der Waals surface area contributed by atoms with Gasteiger partial charge in [0, 0.05) is 32.2 Å². The summed E-state index contributed by atoms with van der Waals surface area (Å²) in [5.41, 5.74) is 2.01. The molecule has 1 aromatic heterocycles. The Kier molecular flexibility index (Phi) is 9.93. The molecule has 3 aromatic rings. The van der Waals surface area contributed by atoms with Crippen molar-refractivity contribution < 1.29 is 30.3 Å². The van der Waals surface area contributed by atoms with Crippen LogP contribution in [0.3, 0.4) is 0 Å². The smallest absolute Gasteiger partial charge is 0.0626 e. The summed E-state index contributed by atoms with van der Waals surface area (Å²) < 4.78 is 0. The second-order valence-electron chi connectivity index (χ2n) is 12.6. The Morgan fingerprint density at radius 2 is 1.23 bits per heavy atom. The van der Waals surface area contributed by atoms with E-state index < -0.39 is 0 Å². The molecule has 7 rings (SSSR count). The first kappa shape index (κ1) is 28.9. The van der Waals surface area contributed by atoms with Gasteiger partial charge in [0.1, 0.15) is 0 Å². The molecule has 4 aliphatic carbocycles. The second kappa shape index (κ2) is 13.4. The largest absolute Gasteiger partial charge is 0.392 e. The van der Waals surface area contributed by atoms with E-state index in [2.05, 4.69) is 29.2 Å². The molecular formula is C35H44IrNO2-. The zero-order valence-electron chi connectivity index (χ0n) is 23.1. The normalized spacial score (nSPS) is 31.2. The Bertz CT molecular complexity index is 1140. The van der Waals surface area contributed by atoms with Crippen molar-refractivity contribution in [1.82, 2.24) is 4.98 Å². The first-order valence-electron chi connectivity index (χ1n) is 15.4. The monoisotopic (exact) mass is 703 g/mol. The standard InChI is InChI=1S/C20H34O2.C15H10N.Ir/c21-19-16(13-7-3-1-4-8-13)11-15-12-17(20(22)18(15)19)14-9-5-2-6-10-14;1-2-6-12(7-3-1)15-10-13-8-4-5-9-14(13)11-16-15;/h13-22H,1-12H2;1-6,8-11H;/q;-1;/t15?,16-,17-,18?,19?,20?;;/m1../s1. The molecule has 4 atom stereocenters. The van der Waals surface area contributed by atoms with Gasteiger partial charge in [0.25, 0.3) is 0 Å². The molecule has 3 nitrogen and oxygen atoms in total. The molecule has 4 aliphatic rings. The van der Waals surface area contributed by atoms with Gasteiger partial charge in [-0.3, -0.25) is 0 Å². The molecule has 2 aromatic carbocycles. The van der Waals surface area contributed by atoms with E-state index in [0.717, 1.165) is 23.1 Å². The van der Waals surface area contributed by atoms with E-state index in [1.54, 1.807) is 0 Å². The molecule has 0 spiro atoms. The van der Waals surface area contributed by atoms with Gasteiger partial charge in [-0.2, -0.15) is 0 Å². The van der Waals surface area contributed by atoms with Crippen LogP contribution < -0.4 is 0 Å². The first-order chi connectivity index (χ1) is 18.7. The maximum atomic E-state index is 10.9. The van der Waals surface area contributed by atoms with Crippen molar-refractivity contribution in [3.05, 3.63) is 66.9 Å². The van der Waals surface area contributed by atoms with Gasteiger partial charge in [0.2, 0.25) is 0 Å². The van der Waals surface area contributed by atoms with Crippen molar-refractivity contribution in [2.45, 2.75) is 89.3 Å². The number of nitrogens with zero attached hydrogens (tertiary/aromatic N) is 1. The summed E-state index contributed by atoms with van der Waals surface area (Å²) in [6, 6.07) is 21.4. The quantitative estimate of drug-likeness (QED) is 0.274. The van der Waals surface area contributed by atoms with Crippen LogP contribution in [0.4, 0.5) is 0 Å². The molecule has 4 saturated carbocycles. The third-order valence-electron chi connectivity index (χ3n) is 10.5. The first-order valence-corrected chi connectivity index (χ1v) is 15.4. The van der Waals surface area contributed by atoms with E-state index in [4.69, 9.17) is 0 Å². The van der Waals surface area contributed by atoms with Crippen molar-refractivity contribution in [2.75, 3.05) is 0 Å². The van der Waals surface area contributed by atoms with Gasteiger partial charge in [0.15, 0.2) is 0 Å². The van der Waals surface area contributed by atoms with Gasteiger partial charge in [-0.15, -0.1) is 35.9 Å². The Labute approximate surface area is 248 Å². The molecule has 1 radical (unpaired) electrons. The van der Waals surface area contributed by atoms with Crippen LogP contribution in [0.15, 0.2) is 60.8 Å². The summed E-state index contributed by atoms with van der Waals surface area (Å²) in [5, 5.41) is 24.3. The minimum Gasteiger partial charge on any atom is -0.392 e. The summed E-state index contributed by atoms with van der Waals surface area (Å²) in [7, 11) is 0. The van der Waals surface area contributed by atoms with Crippen molar-refractivity contribution in [1.29, 1.82) is 0 Å². The van der Waals surface area contributed by atoms with E-state index in [9.17, 15) is 10.2 Å². The zero-order valence-corrected chi connectivity index (χ0v) is 25.4. The number of pyridine rings is 1. The summed E-state index contributed by atoms with van der Waals surface area (Å²) in [6.07, 6.45) is 17.4. The van der Waals surface area contributed by atoms with Gasteiger partial charge in [-0.1, -0.05) is 94.5 Å². The van der Waals surface area contributed by atoms with Gasteiger partial charge < -0.3 is 15.2 Å². The predicted octanol–water partition coefficient (Wildman–Crippen LogP) is 7.84. The summed E-state index contributed by atoms with van der Waals surface area (Å²) in [6.45, 7) is 0. The molecule has 4 heteroatoms. The number of benzene rings is 2. The Morgan fingerprint density at radius 1 is 0.667 bits per heavy atom. The van der Waals surface area contributed by atoms with Crippen molar-refractivity contribution in [2.24, 2.45) is 35.5 Å². The molecule has 0 amide bonds. The molecule has 39 heavy (non-hydrogen) atoms. The van der Waals surface area contributed by atoms with E-state index >= 15 is 0 Å². The van der Waals surface area contributed by atoms with Crippen LogP contribution in [0.2, 0.25) is 0 Å². The van der Waals surface area contributed by atoms with Crippen LogP contribution in [0.1, 0.15) is 77.0 Å².